The van der Waals surface area contributed by atoms with E-state index in [1.807, 2.05) is 42.5 Å². The summed E-state index contributed by atoms with van der Waals surface area (Å²) < 4.78 is 10.9. The zero-order valence-corrected chi connectivity index (χ0v) is 20.6. The first kappa shape index (κ1) is 24.7. The summed E-state index contributed by atoms with van der Waals surface area (Å²) in [5.41, 5.74) is 1.70. The molecule has 2 aromatic heterocycles. The van der Waals surface area contributed by atoms with Gasteiger partial charge < -0.3 is 24.6 Å². The Hall–Kier alpha value is -4.02. The molecule has 2 aliphatic heterocycles. The van der Waals surface area contributed by atoms with Crippen LogP contribution in [-0.2, 0) is 11.3 Å². The molecule has 10 heteroatoms. The van der Waals surface area contributed by atoms with Crippen molar-refractivity contribution < 1.29 is 19.1 Å². The Kier molecular flexibility index (Phi) is 7.87. The van der Waals surface area contributed by atoms with Gasteiger partial charge in [0, 0.05) is 57.6 Å². The monoisotopic (exact) mass is 502 g/mol. The van der Waals surface area contributed by atoms with Crippen LogP contribution in [0.4, 0.5) is 16.4 Å². The van der Waals surface area contributed by atoms with Crippen molar-refractivity contribution in [3.63, 3.8) is 0 Å². The van der Waals surface area contributed by atoms with E-state index in [4.69, 9.17) is 9.47 Å². The van der Waals surface area contributed by atoms with Crippen LogP contribution in [0.5, 0.6) is 5.75 Å². The van der Waals surface area contributed by atoms with Gasteiger partial charge in [0.05, 0.1) is 19.4 Å². The lowest BCUT2D eigenvalue weighted by Crippen LogP contribution is -2.49. The molecule has 2 saturated heterocycles. The van der Waals surface area contributed by atoms with Crippen molar-refractivity contribution in [1.82, 2.24) is 19.8 Å². The smallest absolute Gasteiger partial charge is 0.409 e. The Labute approximate surface area is 215 Å². The summed E-state index contributed by atoms with van der Waals surface area (Å²) in [5, 5.41) is 2.78. The molecule has 2 amide bonds. The maximum Gasteiger partial charge on any atom is 0.415 e. The largest absolute Gasteiger partial charge is 0.415 e. The molecule has 1 aromatic carbocycles. The number of amides is 2. The van der Waals surface area contributed by atoms with Gasteiger partial charge in [0.2, 0.25) is 0 Å². The maximum absolute atomic E-state index is 12.6. The molecule has 2 fully saturated rings. The van der Waals surface area contributed by atoms with Crippen LogP contribution in [0.1, 0.15) is 15.9 Å². The average molecular weight is 503 g/mol. The Balaban J connectivity index is 1.08. The second kappa shape index (κ2) is 11.8. The number of rotatable bonds is 6. The zero-order chi connectivity index (χ0) is 25.5. The van der Waals surface area contributed by atoms with Crippen LogP contribution in [0.3, 0.4) is 0 Å². The van der Waals surface area contributed by atoms with Gasteiger partial charge in [0.25, 0.3) is 5.91 Å². The number of carbonyl (C=O) groups excluding carboxylic acids is 2. The van der Waals surface area contributed by atoms with Gasteiger partial charge in [-0.3, -0.25) is 9.69 Å². The molecule has 1 N–H and O–H groups in total. The molecule has 4 heterocycles. The van der Waals surface area contributed by atoms with Gasteiger partial charge in [-0.05, 0) is 42.0 Å². The lowest BCUT2D eigenvalue weighted by atomic mass is 10.1. The summed E-state index contributed by atoms with van der Waals surface area (Å²) in [6.45, 7) is 6.65. The van der Waals surface area contributed by atoms with E-state index in [-0.39, 0.29) is 5.91 Å². The maximum atomic E-state index is 12.6. The number of pyridine rings is 2. The molecule has 0 bridgehead atoms. The highest BCUT2D eigenvalue weighted by Crippen LogP contribution is 2.17. The van der Waals surface area contributed by atoms with Crippen molar-refractivity contribution in [3.05, 3.63) is 78.1 Å². The SMILES string of the molecule is O=C(Nc1ccc(OC(=O)N2CCN(c3ccccn3)CC2)cn1)c1ccc(CN2CCOCC2)cc1. The fraction of sp³-hybridized carbons (Fsp3) is 0.333. The van der Waals surface area contributed by atoms with Crippen molar-refractivity contribution in [1.29, 1.82) is 0 Å². The molecule has 2 aliphatic rings. The highest BCUT2D eigenvalue weighted by Gasteiger charge is 2.23. The predicted octanol–water partition coefficient (Wildman–Crippen LogP) is 2.88. The van der Waals surface area contributed by atoms with Crippen molar-refractivity contribution in [2.75, 3.05) is 62.7 Å². The van der Waals surface area contributed by atoms with Gasteiger partial charge in [-0.25, -0.2) is 14.8 Å². The summed E-state index contributed by atoms with van der Waals surface area (Å²) in [5.74, 6) is 1.36. The van der Waals surface area contributed by atoms with Gasteiger partial charge in [-0.1, -0.05) is 18.2 Å². The minimum Gasteiger partial charge on any atom is -0.409 e. The lowest BCUT2D eigenvalue weighted by molar-refractivity contribution is 0.0342. The van der Waals surface area contributed by atoms with E-state index in [9.17, 15) is 9.59 Å². The summed E-state index contributed by atoms with van der Waals surface area (Å²) in [6.07, 6.45) is 2.78. The van der Waals surface area contributed by atoms with Crippen LogP contribution in [0.2, 0.25) is 0 Å². The van der Waals surface area contributed by atoms with E-state index in [2.05, 4.69) is 25.1 Å². The number of hydrogen-bond donors (Lipinski definition) is 1. The van der Waals surface area contributed by atoms with E-state index in [0.29, 0.717) is 43.3 Å². The van der Waals surface area contributed by atoms with Crippen LogP contribution in [0.25, 0.3) is 0 Å². The Bertz CT molecular complexity index is 1180. The number of nitrogens with one attached hydrogen (secondary N) is 1. The molecule has 37 heavy (non-hydrogen) atoms. The number of carbonyl (C=O) groups is 2. The van der Waals surface area contributed by atoms with Gasteiger partial charge in [0.15, 0.2) is 5.75 Å². The highest BCUT2D eigenvalue weighted by atomic mass is 16.6. The molecule has 3 aromatic rings. The summed E-state index contributed by atoms with van der Waals surface area (Å²) in [4.78, 5) is 39.9. The van der Waals surface area contributed by atoms with Gasteiger partial charge in [-0.2, -0.15) is 0 Å². The first-order valence-corrected chi connectivity index (χ1v) is 12.4. The predicted molar refractivity (Wildman–Crippen MR) is 139 cm³/mol. The number of anilines is 2. The molecule has 192 valence electrons. The topological polar surface area (TPSA) is 100 Å². The van der Waals surface area contributed by atoms with E-state index >= 15 is 0 Å². The number of piperazine rings is 1. The lowest BCUT2D eigenvalue weighted by Gasteiger charge is -2.34. The van der Waals surface area contributed by atoms with E-state index in [1.165, 1.54) is 6.20 Å². The van der Waals surface area contributed by atoms with Crippen molar-refractivity contribution in [2.24, 2.45) is 0 Å². The van der Waals surface area contributed by atoms with Crippen LogP contribution < -0.4 is 15.0 Å². The second-order valence-electron chi connectivity index (χ2n) is 8.95. The van der Waals surface area contributed by atoms with Gasteiger partial charge in [0.1, 0.15) is 11.6 Å². The molecule has 0 saturated carbocycles. The van der Waals surface area contributed by atoms with Gasteiger partial charge in [-0.15, -0.1) is 0 Å². The molecule has 10 nitrogen and oxygen atoms in total. The Morgan fingerprint density at radius 2 is 1.68 bits per heavy atom. The summed E-state index contributed by atoms with van der Waals surface area (Å²) in [6, 6.07) is 16.6. The van der Waals surface area contributed by atoms with Crippen LogP contribution in [-0.4, -0.2) is 84.3 Å². The average Bonchev–Trinajstić information content (AvgIpc) is 2.95. The molecular formula is C27H30N6O4. The molecule has 0 spiro atoms. The van der Waals surface area contributed by atoms with E-state index in [0.717, 1.165) is 44.2 Å². The van der Waals surface area contributed by atoms with Crippen LogP contribution >= 0.6 is 0 Å². The molecule has 0 unspecified atom stereocenters. The molecule has 0 atom stereocenters. The number of nitrogens with zero attached hydrogens (tertiary/aromatic N) is 5. The van der Waals surface area contributed by atoms with Crippen molar-refractivity contribution in [2.45, 2.75) is 6.54 Å². The minimum absolute atomic E-state index is 0.249. The van der Waals surface area contributed by atoms with Gasteiger partial charge >= 0.3 is 6.09 Å². The van der Waals surface area contributed by atoms with E-state index in [1.54, 1.807) is 23.2 Å². The first-order valence-electron chi connectivity index (χ1n) is 12.4. The third kappa shape index (κ3) is 6.60. The van der Waals surface area contributed by atoms with Crippen LogP contribution in [0, 0.1) is 0 Å². The summed E-state index contributed by atoms with van der Waals surface area (Å²) >= 11 is 0. The third-order valence-electron chi connectivity index (χ3n) is 6.42. The first-order chi connectivity index (χ1) is 18.1. The minimum atomic E-state index is -0.420. The Morgan fingerprint density at radius 1 is 0.892 bits per heavy atom. The molecule has 0 aliphatic carbocycles. The quantitative estimate of drug-likeness (QED) is 0.549. The second-order valence-corrected chi connectivity index (χ2v) is 8.95. The van der Waals surface area contributed by atoms with Crippen molar-refractivity contribution >= 4 is 23.6 Å². The Morgan fingerprint density at radius 3 is 2.35 bits per heavy atom. The molecular weight excluding hydrogens is 472 g/mol. The molecule has 0 radical (unpaired) electrons. The fourth-order valence-corrected chi connectivity index (χ4v) is 4.31. The number of benzene rings is 1. The third-order valence-corrected chi connectivity index (χ3v) is 6.42. The fourth-order valence-electron chi connectivity index (χ4n) is 4.31. The van der Waals surface area contributed by atoms with E-state index < -0.39 is 6.09 Å². The summed E-state index contributed by atoms with van der Waals surface area (Å²) in [7, 11) is 0. The normalized spacial score (nSPS) is 16.3. The number of morpholine rings is 1. The highest BCUT2D eigenvalue weighted by molar-refractivity contribution is 6.03. The van der Waals surface area contributed by atoms with Crippen LogP contribution in [0.15, 0.2) is 67.0 Å². The standard InChI is InChI=1S/C27H30N6O4/c34-26(22-6-4-21(5-7-22)20-31-15-17-36-18-16-31)30-24-9-8-23(19-29-24)37-27(35)33-13-11-32(12-14-33)25-3-1-2-10-28-25/h1-10,19H,11-18,20H2,(H,29,30,34). The number of ether oxygens (including phenoxy) is 2. The van der Waals surface area contributed by atoms with Crippen molar-refractivity contribution in [3.8, 4) is 5.75 Å². The zero-order valence-electron chi connectivity index (χ0n) is 20.6. The number of hydrogen-bond acceptors (Lipinski definition) is 8. The number of aromatic nitrogens is 2. The molecule has 5 rings (SSSR count).